The summed E-state index contributed by atoms with van der Waals surface area (Å²) in [6.45, 7) is 4.69. The van der Waals surface area contributed by atoms with Gasteiger partial charge in [0, 0.05) is 38.2 Å². The van der Waals surface area contributed by atoms with Gasteiger partial charge in [-0.1, -0.05) is 23.7 Å². The van der Waals surface area contributed by atoms with Gasteiger partial charge in [0.1, 0.15) is 0 Å². The van der Waals surface area contributed by atoms with Crippen molar-refractivity contribution < 1.29 is 9.53 Å². The highest BCUT2D eigenvalue weighted by molar-refractivity contribution is 6.30. The van der Waals surface area contributed by atoms with Crippen molar-refractivity contribution >= 4 is 17.5 Å². The number of carbonyl (C=O) groups excluding carboxylic acids is 1. The van der Waals surface area contributed by atoms with Crippen LogP contribution in [0.5, 0.6) is 0 Å². The maximum Gasteiger partial charge on any atom is 0.220 e. The molecule has 22 heavy (non-hydrogen) atoms. The Kier molecular flexibility index (Phi) is 7.16. The monoisotopic (exact) mass is 324 g/mol. The molecule has 1 N–H and O–H groups in total. The summed E-state index contributed by atoms with van der Waals surface area (Å²) in [7, 11) is 1.73. The number of ether oxygens (including phenoxy) is 1. The third kappa shape index (κ3) is 5.95. The van der Waals surface area contributed by atoms with Gasteiger partial charge >= 0.3 is 0 Å². The molecule has 1 aromatic rings. The number of rotatable bonds is 8. The van der Waals surface area contributed by atoms with Gasteiger partial charge in [-0.3, -0.25) is 4.79 Å². The molecule has 0 bridgehead atoms. The summed E-state index contributed by atoms with van der Waals surface area (Å²) in [6, 6.07) is 7.69. The number of aryl methyl sites for hydroxylation is 1. The van der Waals surface area contributed by atoms with Gasteiger partial charge in [0.05, 0.1) is 6.61 Å². The second-order valence-electron chi connectivity index (χ2n) is 5.88. The van der Waals surface area contributed by atoms with Gasteiger partial charge in [-0.25, -0.2) is 0 Å². The van der Waals surface area contributed by atoms with Gasteiger partial charge in [-0.15, -0.1) is 0 Å². The molecule has 1 saturated heterocycles. The van der Waals surface area contributed by atoms with Crippen LogP contribution in [0, 0.1) is 5.92 Å². The van der Waals surface area contributed by atoms with E-state index in [9.17, 15) is 4.79 Å². The molecule has 1 aliphatic rings. The molecule has 122 valence electrons. The van der Waals surface area contributed by atoms with Gasteiger partial charge in [0.2, 0.25) is 5.91 Å². The van der Waals surface area contributed by atoms with E-state index in [2.05, 4.69) is 10.2 Å². The van der Waals surface area contributed by atoms with E-state index in [0.29, 0.717) is 12.3 Å². The predicted molar refractivity (Wildman–Crippen MR) is 89.2 cm³/mol. The summed E-state index contributed by atoms with van der Waals surface area (Å²) >= 11 is 5.94. The van der Waals surface area contributed by atoms with Gasteiger partial charge in [-0.05, 0) is 43.0 Å². The van der Waals surface area contributed by atoms with Crippen LogP contribution in [-0.2, 0) is 16.0 Å². The first-order chi connectivity index (χ1) is 10.7. The summed E-state index contributed by atoms with van der Waals surface area (Å²) in [5.41, 5.74) is 1.11. The Labute approximate surface area is 137 Å². The second kappa shape index (κ2) is 9.13. The van der Waals surface area contributed by atoms with Gasteiger partial charge in [0.15, 0.2) is 0 Å². The zero-order chi connectivity index (χ0) is 15.8. The van der Waals surface area contributed by atoms with Crippen LogP contribution in [0.4, 0.5) is 0 Å². The Balaban J connectivity index is 1.62. The van der Waals surface area contributed by atoms with Crippen molar-refractivity contribution in [1.29, 1.82) is 0 Å². The van der Waals surface area contributed by atoms with Crippen LogP contribution >= 0.6 is 11.6 Å². The van der Waals surface area contributed by atoms with Crippen LogP contribution < -0.4 is 5.32 Å². The first-order valence-electron chi connectivity index (χ1n) is 7.90. The van der Waals surface area contributed by atoms with Gasteiger partial charge in [-0.2, -0.15) is 0 Å². The lowest BCUT2D eigenvalue weighted by Crippen LogP contribution is -2.31. The van der Waals surface area contributed by atoms with Crippen LogP contribution in [0.25, 0.3) is 0 Å². The van der Waals surface area contributed by atoms with E-state index < -0.39 is 0 Å². The number of likely N-dealkylation sites (tertiary alicyclic amines) is 1. The van der Waals surface area contributed by atoms with Crippen molar-refractivity contribution in [2.75, 3.05) is 39.9 Å². The SMILES string of the molecule is COCCN1CC[C@H](CNC(=O)CCc2cccc(Cl)c2)C1. The molecule has 0 saturated carbocycles. The normalized spacial score (nSPS) is 18.5. The van der Waals surface area contributed by atoms with Crippen molar-refractivity contribution in [2.24, 2.45) is 5.92 Å². The lowest BCUT2D eigenvalue weighted by molar-refractivity contribution is -0.121. The number of halogens is 1. The number of nitrogens with zero attached hydrogens (tertiary/aromatic N) is 1. The highest BCUT2D eigenvalue weighted by atomic mass is 35.5. The van der Waals surface area contributed by atoms with E-state index in [4.69, 9.17) is 16.3 Å². The third-order valence-corrected chi connectivity index (χ3v) is 4.33. The molecule has 4 nitrogen and oxygen atoms in total. The smallest absolute Gasteiger partial charge is 0.220 e. The Morgan fingerprint density at radius 2 is 2.36 bits per heavy atom. The standard InChI is InChI=1S/C17H25ClN2O2/c1-22-10-9-20-8-7-15(13-20)12-19-17(21)6-5-14-3-2-4-16(18)11-14/h2-4,11,15H,5-10,12-13H2,1H3,(H,19,21)/t15-/m1/s1. The predicted octanol–water partition coefficient (Wildman–Crippen LogP) is 2.36. The number of benzene rings is 1. The Hall–Kier alpha value is -1.10. The minimum Gasteiger partial charge on any atom is -0.383 e. The fourth-order valence-corrected chi connectivity index (χ4v) is 3.01. The molecule has 1 amide bonds. The van der Waals surface area contributed by atoms with E-state index >= 15 is 0 Å². The molecule has 0 aliphatic carbocycles. The van der Waals surface area contributed by atoms with E-state index in [-0.39, 0.29) is 5.91 Å². The summed E-state index contributed by atoms with van der Waals surface area (Å²) < 4.78 is 5.10. The minimum atomic E-state index is 0.121. The molecule has 1 fully saturated rings. The van der Waals surface area contributed by atoms with Crippen LogP contribution in [0.15, 0.2) is 24.3 Å². The number of hydrogen-bond acceptors (Lipinski definition) is 3. The highest BCUT2D eigenvalue weighted by Gasteiger charge is 2.22. The van der Waals surface area contributed by atoms with Crippen molar-refractivity contribution in [1.82, 2.24) is 10.2 Å². The van der Waals surface area contributed by atoms with E-state index in [0.717, 1.165) is 56.2 Å². The first kappa shape index (κ1) is 17.3. The Morgan fingerprint density at radius 3 is 3.14 bits per heavy atom. The summed E-state index contributed by atoms with van der Waals surface area (Å²) in [6.07, 6.45) is 2.40. The maximum atomic E-state index is 11.9. The molecule has 0 radical (unpaired) electrons. The zero-order valence-electron chi connectivity index (χ0n) is 13.2. The molecule has 1 aliphatic heterocycles. The van der Waals surface area contributed by atoms with Crippen molar-refractivity contribution in [3.8, 4) is 0 Å². The van der Waals surface area contributed by atoms with Crippen molar-refractivity contribution in [2.45, 2.75) is 19.3 Å². The quantitative estimate of drug-likeness (QED) is 0.798. The largest absolute Gasteiger partial charge is 0.383 e. The number of methoxy groups -OCH3 is 1. The lowest BCUT2D eigenvalue weighted by atomic mass is 10.1. The highest BCUT2D eigenvalue weighted by Crippen LogP contribution is 2.15. The van der Waals surface area contributed by atoms with Gasteiger partial charge < -0.3 is 15.0 Å². The minimum absolute atomic E-state index is 0.121. The number of amides is 1. The second-order valence-corrected chi connectivity index (χ2v) is 6.32. The van der Waals surface area contributed by atoms with Crippen LogP contribution in [0.2, 0.25) is 5.02 Å². The number of nitrogens with one attached hydrogen (secondary N) is 1. The van der Waals surface area contributed by atoms with Crippen molar-refractivity contribution in [3.05, 3.63) is 34.9 Å². The Bertz CT molecular complexity index is 481. The van der Waals surface area contributed by atoms with Crippen LogP contribution in [0.1, 0.15) is 18.4 Å². The molecule has 1 aromatic carbocycles. The molecule has 1 atom stereocenters. The Morgan fingerprint density at radius 1 is 1.50 bits per heavy atom. The van der Waals surface area contributed by atoms with Crippen molar-refractivity contribution in [3.63, 3.8) is 0 Å². The molecule has 0 unspecified atom stereocenters. The lowest BCUT2D eigenvalue weighted by Gasteiger charge is -2.15. The first-order valence-corrected chi connectivity index (χ1v) is 8.27. The molecule has 0 aromatic heterocycles. The van der Waals surface area contributed by atoms with E-state index in [1.807, 2.05) is 24.3 Å². The number of carbonyl (C=O) groups is 1. The molecule has 0 spiro atoms. The maximum absolute atomic E-state index is 11.9. The fraction of sp³-hybridized carbons (Fsp3) is 0.588. The molecule has 1 heterocycles. The van der Waals surface area contributed by atoms with E-state index in [1.165, 1.54) is 0 Å². The molecule has 5 heteroatoms. The molecule has 2 rings (SSSR count). The van der Waals surface area contributed by atoms with E-state index in [1.54, 1.807) is 7.11 Å². The average Bonchev–Trinajstić information content (AvgIpc) is 2.97. The molecular formula is C17H25ClN2O2. The third-order valence-electron chi connectivity index (χ3n) is 4.10. The zero-order valence-corrected chi connectivity index (χ0v) is 13.9. The summed E-state index contributed by atoms with van der Waals surface area (Å²) in [5.74, 6) is 0.683. The van der Waals surface area contributed by atoms with Gasteiger partial charge in [0.25, 0.3) is 0 Å². The number of hydrogen-bond donors (Lipinski definition) is 1. The molecular weight excluding hydrogens is 300 g/mol. The fourth-order valence-electron chi connectivity index (χ4n) is 2.80. The summed E-state index contributed by atoms with van der Waals surface area (Å²) in [4.78, 5) is 14.3. The topological polar surface area (TPSA) is 41.6 Å². The van der Waals surface area contributed by atoms with Crippen LogP contribution in [0.3, 0.4) is 0 Å². The van der Waals surface area contributed by atoms with Crippen LogP contribution in [-0.4, -0.2) is 50.7 Å². The summed E-state index contributed by atoms with van der Waals surface area (Å²) in [5, 5.41) is 3.78. The average molecular weight is 325 g/mol.